The fourth-order valence-corrected chi connectivity index (χ4v) is 6.08. The Morgan fingerprint density at radius 2 is 1.70 bits per heavy atom. The summed E-state index contributed by atoms with van der Waals surface area (Å²) in [6, 6.07) is 32.2. The Bertz CT molecular complexity index is 2080. The van der Waals surface area contributed by atoms with E-state index in [0.29, 0.717) is 5.57 Å². The Morgan fingerprint density at radius 3 is 2.39 bits per heavy atom. The second-order valence-electron chi connectivity index (χ2n) is 10.8. The topological polar surface area (TPSA) is 66.8 Å². The molecule has 5 aromatic rings. The van der Waals surface area contributed by atoms with E-state index in [9.17, 15) is 5.26 Å². The minimum atomic E-state index is -0.0573. The Kier molecular flexibility index (Phi) is 7.86. The molecule has 0 bridgehead atoms. The van der Waals surface area contributed by atoms with Gasteiger partial charge in [-0.3, -0.25) is 0 Å². The third kappa shape index (κ3) is 5.06. The minimum absolute atomic E-state index is 0.0573. The van der Waals surface area contributed by atoms with E-state index in [-0.39, 0.29) is 6.04 Å². The fourth-order valence-electron chi connectivity index (χ4n) is 6.08. The quantitative estimate of drug-likeness (QED) is 0.151. The Labute approximate surface area is 258 Å². The zero-order valence-corrected chi connectivity index (χ0v) is 25.0. The summed E-state index contributed by atoms with van der Waals surface area (Å²) in [4.78, 5) is 0. The van der Waals surface area contributed by atoms with Crippen LogP contribution in [0.5, 0.6) is 0 Å². The maximum Gasteiger partial charge on any atom is 0.101 e. The lowest BCUT2D eigenvalue weighted by atomic mass is 9.91. The van der Waals surface area contributed by atoms with Gasteiger partial charge in [0.1, 0.15) is 6.07 Å². The van der Waals surface area contributed by atoms with Crippen LogP contribution in [0.1, 0.15) is 30.5 Å². The maximum atomic E-state index is 9.35. The molecule has 1 unspecified atom stereocenters. The van der Waals surface area contributed by atoms with E-state index >= 15 is 0 Å². The van der Waals surface area contributed by atoms with Gasteiger partial charge in [0, 0.05) is 28.4 Å². The summed E-state index contributed by atoms with van der Waals surface area (Å²) in [5, 5.41) is 15.3. The molecular formula is C40H34N4. The number of nitrogens with zero attached hydrogens (tertiary/aromatic N) is 2. The molecule has 0 spiro atoms. The van der Waals surface area contributed by atoms with Crippen molar-refractivity contribution in [2.24, 2.45) is 5.73 Å². The van der Waals surface area contributed by atoms with Crippen LogP contribution in [-0.4, -0.2) is 10.6 Å². The van der Waals surface area contributed by atoms with Gasteiger partial charge in [0.2, 0.25) is 0 Å². The van der Waals surface area contributed by atoms with Crippen LogP contribution in [0.4, 0.5) is 0 Å². The second-order valence-corrected chi connectivity index (χ2v) is 10.8. The summed E-state index contributed by atoms with van der Waals surface area (Å²) in [5.74, 6) is 0. The monoisotopic (exact) mass is 570 g/mol. The molecule has 4 nitrogen and oxygen atoms in total. The number of allylic oxidation sites excluding steroid dienone is 5. The summed E-state index contributed by atoms with van der Waals surface area (Å²) >= 11 is 0. The van der Waals surface area contributed by atoms with Crippen LogP contribution in [0.15, 0.2) is 139 Å². The molecule has 44 heavy (non-hydrogen) atoms. The van der Waals surface area contributed by atoms with E-state index in [1.807, 2.05) is 25.1 Å². The zero-order chi connectivity index (χ0) is 30.6. The van der Waals surface area contributed by atoms with Gasteiger partial charge in [-0.1, -0.05) is 97.6 Å². The van der Waals surface area contributed by atoms with Gasteiger partial charge in [-0.2, -0.15) is 5.26 Å². The second kappa shape index (κ2) is 12.2. The van der Waals surface area contributed by atoms with Crippen molar-refractivity contribution in [2.45, 2.75) is 19.9 Å². The molecule has 0 aliphatic carbocycles. The molecule has 6 rings (SSSR count). The number of rotatable bonds is 7. The number of aromatic nitrogens is 1. The molecule has 3 N–H and O–H groups in total. The molecule has 0 saturated carbocycles. The van der Waals surface area contributed by atoms with Gasteiger partial charge in [0.05, 0.1) is 22.6 Å². The lowest BCUT2D eigenvalue weighted by Crippen LogP contribution is -2.28. The highest BCUT2D eigenvalue weighted by molar-refractivity contribution is 6.16. The van der Waals surface area contributed by atoms with E-state index in [0.717, 1.165) is 50.2 Å². The van der Waals surface area contributed by atoms with Gasteiger partial charge in [0.15, 0.2) is 0 Å². The van der Waals surface area contributed by atoms with Crippen molar-refractivity contribution >= 4 is 39.7 Å². The van der Waals surface area contributed by atoms with Crippen molar-refractivity contribution in [2.75, 3.05) is 0 Å². The first-order valence-electron chi connectivity index (χ1n) is 14.7. The number of nitriles is 1. The number of fused-ring (bicyclic) bond motifs is 3. The summed E-state index contributed by atoms with van der Waals surface area (Å²) < 4.78 is 2.36. The molecule has 4 heteroatoms. The molecule has 1 atom stereocenters. The van der Waals surface area contributed by atoms with Gasteiger partial charge in [-0.15, -0.1) is 0 Å². The third-order valence-corrected chi connectivity index (χ3v) is 8.14. The SMILES string of the molecule is C=Cc1c(/C=C\C)c(-c2ccccc2)cc2c1c1ccc(C3=CC=CC(/C(C)=C/C(C#N)=C\N)N3)cc1n2-c1ccccc1. The van der Waals surface area contributed by atoms with Gasteiger partial charge < -0.3 is 15.6 Å². The molecule has 214 valence electrons. The standard InChI is InChI=1S/C40H34N4/c1-4-13-33-32(5-2)40-34-21-20-30(37-19-12-18-36(43-37)27(3)22-28(25-41)26-42)23-38(34)44(31-16-10-7-11-17-31)39(40)24-35(33)29-14-8-6-9-15-29/h4-25,36,43H,2,41H2,1,3H3/b13-4-,27-22+,28-25+. The lowest BCUT2D eigenvalue weighted by molar-refractivity contribution is 0.801. The smallest absolute Gasteiger partial charge is 0.101 e. The minimum Gasteiger partial charge on any atom is -0.404 e. The average Bonchev–Trinajstić information content (AvgIpc) is 3.41. The molecule has 1 aliphatic rings. The number of dihydropyridines is 1. The lowest BCUT2D eigenvalue weighted by Gasteiger charge is -2.23. The van der Waals surface area contributed by atoms with Crippen molar-refractivity contribution in [3.8, 4) is 22.9 Å². The van der Waals surface area contributed by atoms with Crippen LogP contribution >= 0.6 is 0 Å². The Hall–Kier alpha value is -5.79. The van der Waals surface area contributed by atoms with E-state index in [1.54, 1.807) is 0 Å². The van der Waals surface area contributed by atoms with Crippen molar-refractivity contribution in [1.82, 2.24) is 9.88 Å². The van der Waals surface area contributed by atoms with Gasteiger partial charge in [-0.25, -0.2) is 0 Å². The third-order valence-electron chi connectivity index (χ3n) is 8.14. The summed E-state index contributed by atoms with van der Waals surface area (Å²) in [7, 11) is 0. The highest BCUT2D eigenvalue weighted by Crippen LogP contribution is 2.42. The molecule has 1 aliphatic heterocycles. The summed E-state index contributed by atoms with van der Waals surface area (Å²) in [6.45, 7) is 8.35. The van der Waals surface area contributed by atoms with E-state index in [1.165, 1.54) is 22.5 Å². The highest BCUT2D eigenvalue weighted by atomic mass is 15.0. The van der Waals surface area contributed by atoms with Gasteiger partial charge in [-0.05, 0) is 83.7 Å². The predicted octanol–water partition coefficient (Wildman–Crippen LogP) is 9.31. The van der Waals surface area contributed by atoms with Crippen LogP contribution in [0.2, 0.25) is 0 Å². The van der Waals surface area contributed by atoms with Gasteiger partial charge >= 0.3 is 0 Å². The number of para-hydroxylation sites is 1. The molecular weight excluding hydrogens is 536 g/mol. The van der Waals surface area contributed by atoms with Crippen molar-refractivity contribution in [3.63, 3.8) is 0 Å². The van der Waals surface area contributed by atoms with Crippen LogP contribution in [0, 0.1) is 11.3 Å². The highest BCUT2D eigenvalue weighted by Gasteiger charge is 2.21. The normalized spacial score (nSPS) is 15.4. The van der Waals surface area contributed by atoms with E-state index in [2.05, 4.69) is 139 Å². The maximum absolute atomic E-state index is 9.35. The first-order valence-corrected chi connectivity index (χ1v) is 14.7. The van der Waals surface area contributed by atoms with Crippen LogP contribution < -0.4 is 11.1 Å². The zero-order valence-electron chi connectivity index (χ0n) is 25.0. The molecule has 0 radical (unpaired) electrons. The van der Waals surface area contributed by atoms with Crippen LogP contribution in [0.3, 0.4) is 0 Å². The predicted molar refractivity (Wildman–Crippen MR) is 187 cm³/mol. The number of nitrogens with two attached hydrogens (primary N) is 1. The van der Waals surface area contributed by atoms with Crippen molar-refractivity contribution < 1.29 is 0 Å². The van der Waals surface area contributed by atoms with Crippen LogP contribution in [0.25, 0.3) is 56.5 Å². The Morgan fingerprint density at radius 1 is 0.955 bits per heavy atom. The van der Waals surface area contributed by atoms with E-state index in [4.69, 9.17) is 5.73 Å². The van der Waals surface area contributed by atoms with E-state index < -0.39 is 0 Å². The molecule has 0 amide bonds. The van der Waals surface area contributed by atoms with Crippen molar-refractivity contribution in [1.29, 1.82) is 5.26 Å². The molecule has 0 fully saturated rings. The first kappa shape index (κ1) is 28.3. The molecule has 4 aromatic carbocycles. The molecule has 0 saturated heterocycles. The number of nitrogens with one attached hydrogen (secondary N) is 1. The summed E-state index contributed by atoms with van der Waals surface area (Å²) in [6.07, 6.45) is 15.7. The number of hydrogen-bond acceptors (Lipinski definition) is 3. The molecule has 1 aromatic heterocycles. The molecule has 2 heterocycles. The fraction of sp³-hybridized carbons (Fsp3) is 0.0750. The van der Waals surface area contributed by atoms with Crippen LogP contribution in [-0.2, 0) is 0 Å². The largest absolute Gasteiger partial charge is 0.404 e. The van der Waals surface area contributed by atoms with Crippen molar-refractivity contribution in [3.05, 3.63) is 156 Å². The Balaban J connectivity index is 1.60. The number of hydrogen-bond donors (Lipinski definition) is 2. The first-order chi connectivity index (χ1) is 21.6. The van der Waals surface area contributed by atoms with Gasteiger partial charge in [0.25, 0.3) is 0 Å². The average molecular weight is 571 g/mol. The summed E-state index contributed by atoms with van der Waals surface area (Å²) in [5.41, 5.74) is 17.1. The number of benzene rings is 4.